The van der Waals surface area contributed by atoms with Crippen LogP contribution in [0.25, 0.3) is 10.8 Å². The molecule has 0 bridgehead atoms. The second kappa shape index (κ2) is 4.76. The molecule has 19 heavy (non-hydrogen) atoms. The Morgan fingerprint density at radius 2 is 1.84 bits per heavy atom. The van der Waals surface area contributed by atoms with Gasteiger partial charge in [0.1, 0.15) is 11.9 Å². The maximum absolute atomic E-state index is 13.4. The van der Waals surface area contributed by atoms with E-state index in [2.05, 4.69) is 0 Å². The normalized spacial score (nSPS) is 12.8. The van der Waals surface area contributed by atoms with Crippen LogP contribution in [0.5, 0.6) is 0 Å². The molecule has 3 heteroatoms. The van der Waals surface area contributed by atoms with Crippen molar-refractivity contribution in [2.45, 2.75) is 13.0 Å². The van der Waals surface area contributed by atoms with Crippen molar-refractivity contribution in [3.63, 3.8) is 0 Å². The van der Waals surface area contributed by atoms with Gasteiger partial charge in [-0.3, -0.25) is 0 Å². The maximum atomic E-state index is 13.4. The Balaban J connectivity index is 2.13. The highest BCUT2D eigenvalue weighted by molar-refractivity contribution is 7.12. The zero-order chi connectivity index (χ0) is 13.4. The van der Waals surface area contributed by atoms with Gasteiger partial charge in [-0.05, 0) is 29.3 Å². The smallest absolute Gasteiger partial charge is 0.137 e. The van der Waals surface area contributed by atoms with E-state index in [9.17, 15) is 9.50 Å². The van der Waals surface area contributed by atoms with Crippen molar-refractivity contribution in [3.8, 4) is 0 Å². The first-order chi connectivity index (χ1) is 9.16. The van der Waals surface area contributed by atoms with Crippen molar-refractivity contribution in [3.05, 3.63) is 69.7 Å². The van der Waals surface area contributed by atoms with Crippen molar-refractivity contribution in [1.29, 1.82) is 0 Å². The summed E-state index contributed by atoms with van der Waals surface area (Å²) in [5.74, 6) is -0.251. The molecule has 1 unspecified atom stereocenters. The predicted octanol–water partition coefficient (Wildman–Crippen LogP) is 4.43. The number of fused-ring (bicyclic) bond motifs is 1. The second-order valence-corrected chi connectivity index (χ2v) is 5.81. The van der Waals surface area contributed by atoms with E-state index in [0.29, 0.717) is 9.75 Å². The lowest BCUT2D eigenvalue weighted by Crippen LogP contribution is -1.98. The molecule has 3 rings (SSSR count). The van der Waals surface area contributed by atoms with Gasteiger partial charge in [-0.25, -0.2) is 4.39 Å². The fourth-order valence-corrected chi connectivity index (χ4v) is 3.17. The van der Waals surface area contributed by atoms with Crippen LogP contribution < -0.4 is 0 Å². The number of thiophene rings is 1. The minimum Gasteiger partial charge on any atom is -0.383 e. The summed E-state index contributed by atoms with van der Waals surface area (Å²) in [4.78, 5) is 1.25. The SMILES string of the molecule is Cc1sc(C(O)c2cccc3ccccc23)cc1F. The van der Waals surface area contributed by atoms with Crippen LogP contribution in [0.2, 0.25) is 0 Å². The third-order valence-corrected chi connectivity index (χ3v) is 4.34. The first kappa shape index (κ1) is 12.3. The van der Waals surface area contributed by atoms with Gasteiger partial charge in [-0.1, -0.05) is 42.5 Å². The summed E-state index contributed by atoms with van der Waals surface area (Å²) in [6.45, 7) is 1.72. The van der Waals surface area contributed by atoms with Crippen molar-refractivity contribution < 1.29 is 9.50 Å². The third-order valence-electron chi connectivity index (χ3n) is 3.26. The fourth-order valence-electron chi connectivity index (χ4n) is 2.26. The number of aliphatic hydroxyl groups excluding tert-OH is 1. The molecule has 0 saturated carbocycles. The van der Waals surface area contributed by atoms with E-state index in [-0.39, 0.29) is 5.82 Å². The lowest BCUT2D eigenvalue weighted by molar-refractivity contribution is 0.225. The number of aryl methyl sites for hydroxylation is 1. The molecular formula is C16H13FOS. The summed E-state index contributed by atoms with van der Waals surface area (Å²) in [6, 6.07) is 15.1. The molecule has 0 spiro atoms. The second-order valence-electron chi connectivity index (χ2n) is 4.52. The summed E-state index contributed by atoms with van der Waals surface area (Å²) in [6.07, 6.45) is -0.778. The van der Waals surface area contributed by atoms with Crippen LogP contribution in [0.3, 0.4) is 0 Å². The molecule has 0 fully saturated rings. The Morgan fingerprint density at radius 1 is 1.11 bits per heavy atom. The van der Waals surface area contributed by atoms with Crippen LogP contribution in [0, 0.1) is 12.7 Å². The molecule has 1 atom stereocenters. The molecular weight excluding hydrogens is 259 g/mol. The molecule has 0 aliphatic carbocycles. The number of rotatable bonds is 2. The van der Waals surface area contributed by atoms with E-state index < -0.39 is 6.10 Å². The highest BCUT2D eigenvalue weighted by Gasteiger charge is 2.17. The Kier molecular flexibility index (Phi) is 3.09. The quantitative estimate of drug-likeness (QED) is 0.731. The van der Waals surface area contributed by atoms with Crippen molar-refractivity contribution >= 4 is 22.1 Å². The van der Waals surface area contributed by atoms with E-state index in [1.165, 1.54) is 17.4 Å². The molecule has 3 aromatic rings. The Labute approximate surface area is 115 Å². The zero-order valence-electron chi connectivity index (χ0n) is 10.4. The van der Waals surface area contributed by atoms with Gasteiger partial charge in [-0.15, -0.1) is 11.3 Å². The maximum Gasteiger partial charge on any atom is 0.137 e. The Morgan fingerprint density at radius 3 is 2.58 bits per heavy atom. The first-order valence-electron chi connectivity index (χ1n) is 6.08. The minimum atomic E-state index is -0.778. The van der Waals surface area contributed by atoms with Gasteiger partial charge in [-0.2, -0.15) is 0 Å². The number of aliphatic hydroxyl groups is 1. The zero-order valence-corrected chi connectivity index (χ0v) is 11.2. The average Bonchev–Trinajstić information content (AvgIpc) is 2.77. The van der Waals surface area contributed by atoms with Gasteiger partial charge in [0.05, 0.1) is 0 Å². The average molecular weight is 272 g/mol. The van der Waals surface area contributed by atoms with Gasteiger partial charge in [0.2, 0.25) is 0 Å². The van der Waals surface area contributed by atoms with Crippen LogP contribution in [0.4, 0.5) is 4.39 Å². The molecule has 1 heterocycles. The lowest BCUT2D eigenvalue weighted by atomic mass is 10.00. The minimum absolute atomic E-state index is 0.251. The van der Waals surface area contributed by atoms with E-state index in [1.807, 2.05) is 42.5 Å². The molecule has 0 aliphatic heterocycles. The predicted molar refractivity (Wildman–Crippen MR) is 77.0 cm³/mol. The molecule has 96 valence electrons. The van der Waals surface area contributed by atoms with Crippen molar-refractivity contribution in [1.82, 2.24) is 0 Å². The fraction of sp³-hybridized carbons (Fsp3) is 0.125. The summed E-state index contributed by atoms with van der Waals surface area (Å²) < 4.78 is 13.4. The van der Waals surface area contributed by atoms with Crippen LogP contribution in [0.1, 0.15) is 21.4 Å². The van der Waals surface area contributed by atoms with E-state index in [0.717, 1.165) is 16.3 Å². The van der Waals surface area contributed by atoms with Gasteiger partial charge in [0.25, 0.3) is 0 Å². The largest absolute Gasteiger partial charge is 0.383 e. The Hall–Kier alpha value is -1.71. The van der Waals surface area contributed by atoms with Gasteiger partial charge in [0.15, 0.2) is 0 Å². The summed E-state index contributed by atoms with van der Waals surface area (Å²) in [7, 11) is 0. The molecule has 1 N–H and O–H groups in total. The molecule has 0 aliphatic rings. The standard InChI is InChI=1S/C16H13FOS/c1-10-14(17)9-15(19-10)16(18)13-8-4-6-11-5-2-3-7-12(11)13/h2-9,16,18H,1H3. The first-order valence-corrected chi connectivity index (χ1v) is 6.90. The molecule has 1 nitrogen and oxygen atoms in total. The summed E-state index contributed by atoms with van der Waals surface area (Å²) >= 11 is 1.30. The van der Waals surface area contributed by atoms with Crippen LogP contribution in [-0.2, 0) is 0 Å². The highest BCUT2D eigenvalue weighted by Crippen LogP contribution is 2.33. The number of hydrogen-bond acceptors (Lipinski definition) is 2. The molecule has 0 radical (unpaired) electrons. The van der Waals surface area contributed by atoms with E-state index >= 15 is 0 Å². The Bertz CT molecular complexity index is 708. The van der Waals surface area contributed by atoms with E-state index in [4.69, 9.17) is 0 Å². The molecule has 1 aromatic heterocycles. The van der Waals surface area contributed by atoms with Crippen molar-refractivity contribution in [2.24, 2.45) is 0 Å². The van der Waals surface area contributed by atoms with E-state index in [1.54, 1.807) is 6.92 Å². The van der Waals surface area contributed by atoms with Crippen LogP contribution >= 0.6 is 11.3 Å². The van der Waals surface area contributed by atoms with Crippen LogP contribution in [0.15, 0.2) is 48.5 Å². The molecule has 0 saturated heterocycles. The van der Waals surface area contributed by atoms with Gasteiger partial charge >= 0.3 is 0 Å². The highest BCUT2D eigenvalue weighted by atomic mass is 32.1. The van der Waals surface area contributed by atoms with Gasteiger partial charge < -0.3 is 5.11 Å². The molecule has 0 amide bonds. The molecule has 2 aromatic carbocycles. The number of benzene rings is 2. The summed E-state index contributed by atoms with van der Waals surface area (Å²) in [5.41, 5.74) is 0.819. The lowest BCUT2D eigenvalue weighted by Gasteiger charge is -2.12. The monoisotopic (exact) mass is 272 g/mol. The topological polar surface area (TPSA) is 20.2 Å². The van der Waals surface area contributed by atoms with Gasteiger partial charge in [0, 0.05) is 9.75 Å². The third kappa shape index (κ3) is 2.15. The van der Waals surface area contributed by atoms with Crippen molar-refractivity contribution in [2.75, 3.05) is 0 Å². The summed E-state index contributed by atoms with van der Waals surface area (Å²) in [5, 5.41) is 12.6. The number of halogens is 1. The number of hydrogen-bond donors (Lipinski definition) is 1. The van der Waals surface area contributed by atoms with Crippen LogP contribution in [-0.4, -0.2) is 5.11 Å².